The molecule has 0 aromatic heterocycles. The minimum atomic E-state index is -0.677. The van der Waals surface area contributed by atoms with Gasteiger partial charge in [0.25, 0.3) is 0 Å². The van der Waals surface area contributed by atoms with Gasteiger partial charge in [0.15, 0.2) is 0 Å². The molecule has 3 heteroatoms. The van der Waals surface area contributed by atoms with Gasteiger partial charge in [-0.3, -0.25) is 4.79 Å². The number of rotatable bonds is 1. The predicted molar refractivity (Wildman–Crippen MR) is 34.4 cm³/mol. The largest absolute Gasteiger partial charge is 0.459 e. The average molecular weight is 142 g/mol. The number of hydrogen-bond acceptors (Lipinski definition) is 3. The van der Waals surface area contributed by atoms with Crippen LogP contribution in [-0.4, -0.2) is 18.4 Å². The Morgan fingerprint density at radius 2 is 2.20 bits per heavy atom. The maximum Gasteiger partial charge on any atom is 0.375 e. The van der Waals surface area contributed by atoms with Crippen molar-refractivity contribution >= 4 is 11.8 Å². The van der Waals surface area contributed by atoms with Crippen molar-refractivity contribution in [3.63, 3.8) is 0 Å². The zero-order valence-corrected chi connectivity index (χ0v) is 6.14. The lowest BCUT2D eigenvalue weighted by Crippen LogP contribution is -2.26. The summed E-state index contributed by atoms with van der Waals surface area (Å²) in [6.45, 7) is 3.88. The van der Waals surface area contributed by atoms with E-state index in [1.54, 1.807) is 6.92 Å². The summed E-state index contributed by atoms with van der Waals surface area (Å²) in [6.07, 6.45) is 0.664. The Kier molecular flexibility index (Phi) is 1.50. The second-order valence-electron chi connectivity index (χ2n) is 2.82. The molecule has 56 valence electrons. The van der Waals surface area contributed by atoms with Gasteiger partial charge in [-0.1, -0.05) is 6.92 Å². The topological polar surface area (TPSA) is 43.4 Å². The molecule has 0 aromatic carbocycles. The summed E-state index contributed by atoms with van der Waals surface area (Å²) < 4.78 is 4.58. The van der Waals surface area contributed by atoms with Crippen molar-refractivity contribution < 1.29 is 14.3 Å². The molecule has 1 rings (SSSR count). The lowest BCUT2D eigenvalue weighted by Gasteiger charge is -2.13. The van der Waals surface area contributed by atoms with Gasteiger partial charge in [-0.25, -0.2) is 4.79 Å². The van der Waals surface area contributed by atoms with Gasteiger partial charge >= 0.3 is 5.97 Å². The maximum absolute atomic E-state index is 11.0. The summed E-state index contributed by atoms with van der Waals surface area (Å²) >= 11 is 0. The summed E-state index contributed by atoms with van der Waals surface area (Å²) in [7, 11) is 0. The number of carbonyl (C=O) groups excluding carboxylic acids is 2. The number of ketones is 1. The first-order valence-corrected chi connectivity index (χ1v) is 3.32. The molecule has 3 nitrogen and oxygen atoms in total. The van der Waals surface area contributed by atoms with Crippen LogP contribution in [0, 0.1) is 5.41 Å². The standard InChI is InChI=1S/C7H10O3/c1-3-7(2)4-10-6(9)5(7)8/h3-4H2,1-2H3. The molecule has 0 spiro atoms. The molecule has 0 aromatic rings. The van der Waals surface area contributed by atoms with Gasteiger partial charge in [0.2, 0.25) is 5.78 Å². The molecule has 1 heterocycles. The Hall–Kier alpha value is -0.860. The Bertz CT molecular complexity index is 185. The Morgan fingerprint density at radius 1 is 1.60 bits per heavy atom. The van der Waals surface area contributed by atoms with Crippen molar-refractivity contribution in [3.05, 3.63) is 0 Å². The molecule has 1 fully saturated rings. The molecule has 0 bridgehead atoms. The van der Waals surface area contributed by atoms with E-state index in [9.17, 15) is 9.59 Å². The molecule has 1 saturated heterocycles. The number of Topliss-reactive ketones (excluding diaryl/α,β-unsaturated/α-hetero) is 1. The summed E-state index contributed by atoms with van der Waals surface area (Å²) in [4.78, 5) is 21.6. The summed E-state index contributed by atoms with van der Waals surface area (Å²) in [6, 6.07) is 0. The third-order valence-corrected chi connectivity index (χ3v) is 2.04. The van der Waals surface area contributed by atoms with E-state index < -0.39 is 11.4 Å². The average Bonchev–Trinajstić information content (AvgIpc) is 2.19. The highest BCUT2D eigenvalue weighted by Crippen LogP contribution is 2.28. The van der Waals surface area contributed by atoms with Crippen LogP contribution in [0.15, 0.2) is 0 Å². The molecule has 1 atom stereocenters. The van der Waals surface area contributed by atoms with Gasteiger partial charge < -0.3 is 4.74 Å². The second-order valence-corrected chi connectivity index (χ2v) is 2.82. The van der Waals surface area contributed by atoms with Crippen LogP contribution in [0.3, 0.4) is 0 Å². The van der Waals surface area contributed by atoms with E-state index in [1.165, 1.54) is 0 Å². The monoisotopic (exact) mass is 142 g/mol. The molecule has 0 radical (unpaired) electrons. The van der Waals surface area contributed by atoms with Crippen molar-refractivity contribution in [2.75, 3.05) is 6.61 Å². The molecule has 0 saturated carbocycles. The van der Waals surface area contributed by atoms with Crippen molar-refractivity contribution in [3.8, 4) is 0 Å². The number of hydrogen-bond donors (Lipinski definition) is 0. The first-order chi connectivity index (χ1) is 4.60. The first kappa shape index (κ1) is 7.25. The van der Waals surface area contributed by atoms with E-state index in [0.717, 1.165) is 0 Å². The highest BCUT2D eigenvalue weighted by atomic mass is 16.5. The van der Waals surface area contributed by atoms with E-state index in [2.05, 4.69) is 4.74 Å². The number of cyclic esters (lactones) is 1. The highest BCUT2D eigenvalue weighted by molar-refractivity contribution is 6.37. The minimum absolute atomic E-state index is 0.251. The Morgan fingerprint density at radius 3 is 2.40 bits per heavy atom. The lowest BCUT2D eigenvalue weighted by molar-refractivity contribution is -0.147. The third-order valence-electron chi connectivity index (χ3n) is 2.04. The van der Waals surface area contributed by atoms with Crippen molar-refractivity contribution in [2.45, 2.75) is 20.3 Å². The van der Waals surface area contributed by atoms with Crippen LogP contribution in [0.5, 0.6) is 0 Å². The second kappa shape index (κ2) is 2.08. The smallest absolute Gasteiger partial charge is 0.375 e. The number of carbonyl (C=O) groups is 2. The van der Waals surface area contributed by atoms with Crippen molar-refractivity contribution in [2.24, 2.45) is 5.41 Å². The van der Waals surface area contributed by atoms with Crippen LogP contribution in [0.25, 0.3) is 0 Å². The van der Waals surface area contributed by atoms with E-state index in [4.69, 9.17) is 0 Å². The van der Waals surface area contributed by atoms with Crippen molar-refractivity contribution in [1.29, 1.82) is 0 Å². The van der Waals surface area contributed by atoms with E-state index in [0.29, 0.717) is 6.42 Å². The van der Waals surface area contributed by atoms with Crippen LogP contribution in [0.1, 0.15) is 20.3 Å². The van der Waals surface area contributed by atoms with Gasteiger partial charge in [-0.15, -0.1) is 0 Å². The molecule has 1 aliphatic rings. The van der Waals surface area contributed by atoms with Gasteiger partial charge in [0.1, 0.15) is 6.61 Å². The summed E-state index contributed by atoms with van der Waals surface area (Å²) in [5, 5.41) is 0. The third kappa shape index (κ3) is 0.818. The van der Waals surface area contributed by atoms with Gasteiger partial charge in [0, 0.05) is 0 Å². The molecule has 1 aliphatic heterocycles. The van der Waals surface area contributed by atoms with Crippen LogP contribution < -0.4 is 0 Å². The molecule has 10 heavy (non-hydrogen) atoms. The quantitative estimate of drug-likeness (QED) is 0.396. The first-order valence-electron chi connectivity index (χ1n) is 3.32. The molecular formula is C7H10O3. The Labute approximate surface area is 59.4 Å². The summed E-state index contributed by atoms with van der Waals surface area (Å²) in [5.41, 5.74) is -0.545. The molecule has 1 unspecified atom stereocenters. The Balaban J connectivity index is 2.83. The maximum atomic E-state index is 11.0. The molecule has 0 amide bonds. The fourth-order valence-electron chi connectivity index (χ4n) is 0.865. The predicted octanol–water partition coefficient (Wildman–Crippen LogP) is 0.529. The van der Waals surface area contributed by atoms with Crippen LogP contribution >= 0.6 is 0 Å². The number of esters is 1. The number of ether oxygens (including phenoxy) is 1. The zero-order valence-electron chi connectivity index (χ0n) is 6.14. The molecule has 0 aliphatic carbocycles. The normalized spacial score (nSPS) is 32.6. The van der Waals surface area contributed by atoms with E-state index >= 15 is 0 Å². The van der Waals surface area contributed by atoms with Gasteiger partial charge in [0.05, 0.1) is 5.41 Å². The van der Waals surface area contributed by atoms with Gasteiger partial charge in [-0.2, -0.15) is 0 Å². The van der Waals surface area contributed by atoms with Crippen LogP contribution in [0.4, 0.5) is 0 Å². The van der Waals surface area contributed by atoms with Gasteiger partial charge in [-0.05, 0) is 13.3 Å². The zero-order chi connectivity index (χ0) is 7.78. The van der Waals surface area contributed by atoms with Crippen LogP contribution in [-0.2, 0) is 14.3 Å². The fraction of sp³-hybridized carbons (Fsp3) is 0.714. The SMILES string of the molecule is CCC1(C)COC(=O)C1=O. The fourth-order valence-corrected chi connectivity index (χ4v) is 0.865. The molecular weight excluding hydrogens is 132 g/mol. The van der Waals surface area contributed by atoms with Crippen LogP contribution in [0.2, 0.25) is 0 Å². The minimum Gasteiger partial charge on any atom is -0.459 e. The van der Waals surface area contributed by atoms with Crippen molar-refractivity contribution in [1.82, 2.24) is 0 Å². The lowest BCUT2D eigenvalue weighted by atomic mass is 9.86. The van der Waals surface area contributed by atoms with E-state index in [-0.39, 0.29) is 12.4 Å². The summed E-state index contributed by atoms with van der Waals surface area (Å²) in [5.74, 6) is -1.06. The molecule has 0 N–H and O–H groups in total. The highest BCUT2D eigenvalue weighted by Gasteiger charge is 2.44. The van der Waals surface area contributed by atoms with E-state index in [1.807, 2.05) is 6.92 Å².